The van der Waals surface area contributed by atoms with Gasteiger partial charge in [-0.15, -0.1) is 0 Å². The minimum absolute atomic E-state index is 0.469. The molecule has 0 bridgehead atoms. The largest absolute Gasteiger partial charge is 0.489 e. The number of aromatic nitrogens is 2. The van der Waals surface area contributed by atoms with Crippen molar-refractivity contribution in [2.24, 2.45) is 0 Å². The Kier molecular flexibility index (Phi) is 6.01. The molecule has 174 valence electrons. The third-order valence-corrected chi connectivity index (χ3v) is 5.92. The molecule has 0 spiro atoms. The van der Waals surface area contributed by atoms with Gasteiger partial charge in [-0.3, -0.25) is 0 Å². The molecule has 0 fully saturated rings. The van der Waals surface area contributed by atoms with Gasteiger partial charge in [0.2, 0.25) is 0 Å². The molecule has 1 N–H and O–H groups in total. The van der Waals surface area contributed by atoms with Gasteiger partial charge in [0.05, 0.1) is 16.9 Å². The van der Waals surface area contributed by atoms with Crippen molar-refractivity contribution in [1.29, 1.82) is 0 Å². The van der Waals surface area contributed by atoms with E-state index in [1.165, 1.54) is 12.1 Å². The molecular weight excluding hydrogens is 439 g/mol. The van der Waals surface area contributed by atoms with Gasteiger partial charge in [0.25, 0.3) is 0 Å². The van der Waals surface area contributed by atoms with Gasteiger partial charge in [-0.25, -0.2) is 4.68 Å². The fourth-order valence-corrected chi connectivity index (χ4v) is 4.19. The van der Waals surface area contributed by atoms with Crippen molar-refractivity contribution >= 4 is 5.82 Å². The summed E-state index contributed by atoms with van der Waals surface area (Å²) in [6.45, 7) is 1.26. The van der Waals surface area contributed by atoms with Crippen molar-refractivity contribution in [3.05, 3.63) is 95.6 Å². The highest BCUT2D eigenvalue weighted by Gasteiger charge is 2.31. The predicted octanol–water partition coefficient (Wildman–Crippen LogP) is 6.89. The molecule has 5 rings (SSSR count). The first-order valence-electron chi connectivity index (χ1n) is 11.3. The summed E-state index contributed by atoms with van der Waals surface area (Å²) in [4.78, 5) is 0. The van der Waals surface area contributed by atoms with Gasteiger partial charge in [0.1, 0.15) is 18.2 Å². The summed E-state index contributed by atoms with van der Waals surface area (Å²) in [5, 5.41) is 8.20. The summed E-state index contributed by atoms with van der Waals surface area (Å²) in [6.07, 6.45) is -1.71. The molecule has 2 heterocycles. The van der Waals surface area contributed by atoms with Crippen LogP contribution in [0.2, 0.25) is 0 Å². The Bertz CT molecular complexity index is 1260. The fraction of sp³-hybridized carbons (Fsp3) is 0.222. The number of rotatable bonds is 5. The third-order valence-electron chi connectivity index (χ3n) is 5.92. The van der Waals surface area contributed by atoms with Crippen LogP contribution in [-0.2, 0) is 19.2 Å². The van der Waals surface area contributed by atoms with Crippen LogP contribution in [0.15, 0.2) is 78.9 Å². The number of hydrogen-bond acceptors (Lipinski definition) is 3. The van der Waals surface area contributed by atoms with Crippen LogP contribution >= 0.6 is 0 Å². The van der Waals surface area contributed by atoms with E-state index in [4.69, 9.17) is 9.84 Å². The molecule has 7 heteroatoms. The molecule has 0 amide bonds. The fourth-order valence-electron chi connectivity index (χ4n) is 4.19. The van der Waals surface area contributed by atoms with E-state index in [9.17, 15) is 13.2 Å². The summed E-state index contributed by atoms with van der Waals surface area (Å²) in [6, 6.07) is 22.9. The first kappa shape index (κ1) is 22.1. The van der Waals surface area contributed by atoms with Gasteiger partial charge in [0.15, 0.2) is 0 Å². The maximum Gasteiger partial charge on any atom is 0.416 e. The Morgan fingerprint density at radius 3 is 2.47 bits per heavy atom. The van der Waals surface area contributed by atoms with Crippen LogP contribution in [0.1, 0.15) is 29.5 Å². The number of alkyl halides is 3. The van der Waals surface area contributed by atoms with E-state index in [2.05, 4.69) is 5.32 Å². The summed E-state index contributed by atoms with van der Waals surface area (Å²) in [5.74, 6) is 1.57. The molecule has 1 aromatic heterocycles. The minimum Gasteiger partial charge on any atom is -0.489 e. The van der Waals surface area contributed by atoms with Crippen molar-refractivity contribution in [2.45, 2.75) is 32.0 Å². The Morgan fingerprint density at radius 1 is 0.912 bits per heavy atom. The van der Waals surface area contributed by atoms with Crippen molar-refractivity contribution < 1.29 is 17.9 Å². The lowest BCUT2D eigenvalue weighted by Gasteiger charge is -2.11. The molecule has 0 saturated heterocycles. The molecule has 0 aliphatic carbocycles. The van der Waals surface area contributed by atoms with E-state index in [0.29, 0.717) is 17.9 Å². The SMILES string of the molecule is FC(F)(F)c1cccc(-c2nn(-c3ccc(OCc4ccccc4)cc3)c3c2CCCCN3)c1. The van der Waals surface area contributed by atoms with Crippen LogP contribution in [0.25, 0.3) is 16.9 Å². The molecule has 0 saturated carbocycles. The van der Waals surface area contributed by atoms with Gasteiger partial charge in [-0.2, -0.15) is 18.3 Å². The van der Waals surface area contributed by atoms with E-state index in [1.807, 2.05) is 54.6 Å². The van der Waals surface area contributed by atoms with Crippen LogP contribution in [0.5, 0.6) is 5.75 Å². The summed E-state index contributed by atoms with van der Waals surface area (Å²) in [5.41, 5.74) is 3.22. The quantitative estimate of drug-likeness (QED) is 0.350. The molecule has 34 heavy (non-hydrogen) atoms. The predicted molar refractivity (Wildman–Crippen MR) is 126 cm³/mol. The summed E-state index contributed by atoms with van der Waals surface area (Å²) in [7, 11) is 0. The number of hydrogen-bond donors (Lipinski definition) is 1. The van der Waals surface area contributed by atoms with Gasteiger partial charge < -0.3 is 10.1 Å². The van der Waals surface area contributed by atoms with Gasteiger partial charge in [0, 0.05) is 17.7 Å². The highest BCUT2D eigenvalue weighted by molar-refractivity contribution is 5.72. The monoisotopic (exact) mass is 463 g/mol. The summed E-state index contributed by atoms with van der Waals surface area (Å²) >= 11 is 0. The van der Waals surface area contributed by atoms with Crippen LogP contribution in [0.4, 0.5) is 19.0 Å². The Morgan fingerprint density at radius 2 is 1.71 bits per heavy atom. The third kappa shape index (κ3) is 4.64. The lowest BCUT2D eigenvalue weighted by atomic mass is 10.0. The van der Waals surface area contributed by atoms with E-state index >= 15 is 0 Å². The first-order valence-corrected chi connectivity index (χ1v) is 11.3. The second-order valence-corrected chi connectivity index (χ2v) is 8.32. The average Bonchev–Trinajstić information content (AvgIpc) is 3.04. The zero-order valence-electron chi connectivity index (χ0n) is 18.5. The van der Waals surface area contributed by atoms with Crippen molar-refractivity contribution in [2.75, 3.05) is 11.9 Å². The van der Waals surface area contributed by atoms with Crippen molar-refractivity contribution in [3.8, 4) is 22.7 Å². The second-order valence-electron chi connectivity index (χ2n) is 8.32. The highest BCUT2D eigenvalue weighted by atomic mass is 19.4. The Balaban J connectivity index is 1.47. The van der Waals surface area contributed by atoms with Gasteiger partial charge >= 0.3 is 6.18 Å². The number of halogens is 3. The van der Waals surface area contributed by atoms with Crippen molar-refractivity contribution in [3.63, 3.8) is 0 Å². The first-order chi connectivity index (χ1) is 16.5. The molecule has 4 nitrogen and oxygen atoms in total. The number of fused-ring (bicyclic) bond motifs is 1. The van der Waals surface area contributed by atoms with E-state index < -0.39 is 11.7 Å². The molecule has 0 radical (unpaired) electrons. The Hall–Kier alpha value is -3.74. The molecule has 0 atom stereocenters. The molecule has 4 aromatic rings. The summed E-state index contributed by atoms with van der Waals surface area (Å²) < 4.78 is 47.6. The van der Waals surface area contributed by atoms with Gasteiger partial charge in [-0.05, 0) is 61.2 Å². The van der Waals surface area contributed by atoms with Crippen molar-refractivity contribution in [1.82, 2.24) is 9.78 Å². The lowest BCUT2D eigenvalue weighted by Crippen LogP contribution is -2.07. The van der Waals surface area contributed by atoms with Crippen LogP contribution in [0.3, 0.4) is 0 Å². The normalized spacial score (nSPS) is 13.6. The van der Waals surface area contributed by atoms with Crippen LogP contribution < -0.4 is 10.1 Å². The maximum absolute atomic E-state index is 13.3. The molecule has 1 aliphatic rings. The Labute approximate surface area is 196 Å². The zero-order valence-corrected chi connectivity index (χ0v) is 18.5. The average molecular weight is 464 g/mol. The van der Waals surface area contributed by atoms with E-state index in [1.54, 1.807) is 10.7 Å². The van der Waals surface area contributed by atoms with E-state index in [-0.39, 0.29) is 0 Å². The lowest BCUT2D eigenvalue weighted by molar-refractivity contribution is -0.137. The second kappa shape index (κ2) is 9.25. The molecule has 3 aromatic carbocycles. The zero-order chi connectivity index (χ0) is 23.5. The molecule has 1 aliphatic heterocycles. The number of ether oxygens (including phenoxy) is 1. The number of nitrogens with zero attached hydrogens (tertiary/aromatic N) is 2. The number of nitrogens with one attached hydrogen (secondary N) is 1. The molecular formula is C27H24F3N3O. The number of benzene rings is 3. The highest BCUT2D eigenvalue weighted by Crippen LogP contribution is 2.37. The minimum atomic E-state index is -4.40. The van der Waals surface area contributed by atoms with Crippen LogP contribution in [-0.4, -0.2) is 16.3 Å². The number of anilines is 1. The molecule has 0 unspecified atom stereocenters. The van der Waals surface area contributed by atoms with E-state index in [0.717, 1.165) is 60.3 Å². The standard InChI is InChI=1S/C27H24F3N3O/c28-27(29,30)21-10-6-9-20(17-21)25-24-11-4-5-16-31-26(24)33(32-25)22-12-14-23(15-13-22)34-18-19-7-2-1-3-8-19/h1-3,6-10,12-15,17,31H,4-5,11,16,18H2. The van der Waals surface area contributed by atoms with Gasteiger partial charge in [-0.1, -0.05) is 42.5 Å². The smallest absolute Gasteiger partial charge is 0.416 e. The topological polar surface area (TPSA) is 39.1 Å². The maximum atomic E-state index is 13.3. The van der Waals surface area contributed by atoms with Crippen LogP contribution in [0, 0.1) is 0 Å².